The lowest BCUT2D eigenvalue weighted by atomic mass is 9.82. The quantitative estimate of drug-likeness (QED) is 0.0962. The summed E-state index contributed by atoms with van der Waals surface area (Å²) in [7, 11) is 0. The van der Waals surface area contributed by atoms with E-state index in [1.807, 2.05) is 66.9 Å². The van der Waals surface area contributed by atoms with Crippen molar-refractivity contribution in [3.05, 3.63) is 168 Å². The van der Waals surface area contributed by atoms with Crippen LogP contribution in [-0.2, 0) is 12.0 Å². The molecule has 5 aromatic rings. The molecule has 5 heteroatoms. The molecule has 49 heavy (non-hydrogen) atoms. The lowest BCUT2D eigenvalue weighted by Crippen LogP contribution is -2.15. The molecule has 5 aromatic carbocycles. The smallest absolute Gasteiger partial charge is 0.160 e. The predicted octanol–water partition coefficient (Wildman–Crippen LogP) is 12.0. The zero-order valence-electron chi connectivity index (χ0n) is 28.0. The van der Waals surface area contributed by atoms with Gasteiger partial charge in [0.2, 0.25) is 0 Å². The van der Waals surface area contributed by atoms with Gasteiger partial charge in [0, 0.05) is 36.1 Å². The molecule has 7 rings (SSSR count). The maximum absolute atomic E-state index is 4.96. The number of amidine groups is 2. The molecule has 0 amide bonds. The summed E-state index contributed by atoms with van der Waals surface area (Å²) >= 11 is 3.76. The van der Waals surface area contributed by atoms with Crippen molar-refractivity contribution in [3.63, 3.8) is 0 Å². The lowest BCUT2D eigenvalue weighted by Gasteiger charge is -2.24. The molecule has 240 valence electrons. The Bertz CT molecular complexity index is 2200. The summed E-state index contributed by atoms with van der Waals surface area (Å²) in [6.07, 6.45) is 7.49. The Balaban J connectivity index is 1.24. The molecule has 3 nitrogen and oxygen atoms in total. The van der Waals surface area contributed by atoms with E-state index in [0.29, 0.717) is 18.2 Å². The molecule has 2 aliphatic rings. The van der Waals surface area contributed by atoms with E-state index in [1.165, 1.54) is 47.4 Å². The normalized spacial score (nSPS) is 15.0. The van der Waals surface area contributed by atoms with Crippen LogP contribution in [0.25, 0.3) is 22.3 Å². The van der Waals surface area contributed by atoms with Gasteiger partial charge in [-0.2, -0.15) is 0 Å². The fourth-order valence-corrected chi connectivity index (χ4v) is 8.74. The molecular formula is C44H37N3S2. The summed E-state index contributed by atoms with van der Waals surface area (Å²) in [6, 6.07) is 39.2. The van der Waals surface area contributed by atoms with Crippen molar-refractivity contribution in [2.45, 2.75) is 52.3 Å². The molecule has 0 bridgehead atoms. The van der Waals surface area contributed by atoms with Gasteiger partial charge in [0.1, 0.15) is 0 Å². The van der Waals surface area contributed by atoms with E-state index < -0.39 is 0 Å². The van der Waals surface area contributed by atoms with Crippen molar-refractivity contribution in [1.82, 2.24) is 0 Å². The van der Waals surface area contributed by atoms with Crippen molar-refractivity contribution in [1.29, 1.82) is 0 Å². The second kappa shape index (κ2) is 13.9. The SMILES string of the molecule is C=C/C=C\C(=C/C)C(N=C)=NC(=NCc1ccccc1)c1ccc(-c2ccc3c(c2)-c2cc4c(cc2C3(C)C)Sc2ccccc2S4)cc1. The Morgan fingerprint density at radius 3 is 2.06 bits per heavy atom. The Morgan fingerprint density at radius 2 is 1.39 bits per heavy atom. The Hall–Kier alpha value is -4.97. The second-order valence-corrected chi connectivity index (χ2v) is 14.7. The standard InChI is InChI=1S/C44H37N3S2/c1-6-8-16-30(7-2)42(45-5)47-43(46-28-29-14-10-9-11-15-29)32-21-19-31(20-22-32)33-23-24-36-34(25-33)35-26-40-41(27-37(35)44(36,3)4)49-39-18-13-12-17-38(39)48-40/h6-27H,1,5,28H2,2-4H3/b16-8-,30-7+,46-43?,47-42?. The monoisotopic (exact) mass is 671 g/mol. The van der Waals surface area contributed by atoms with E-state index in [9.17, 15) is 0 Å². The highest BCUT2D eigenvalue weighted by atomic mass is 32.2. The molecule has 0 radical (unpaired) electrons. The summed E-state index contributed by atoms with van der Waals surface area (Å²) in [5, 5.41) is 0. The van der Waals surface area contributed by atoms with Crippen LogP contribution >= 0.6 is 23.5 Å². The minimum atomic E-state index is -0.0735. The van der Waals surface area contributed by atoms with Crippen LogP contribution in [-0.4, -0.2) is 18.4 Å². The van der Waals surface area contributed by atoms with Gasteiger partial charge in [0.05, 0.1) is 6.54 Å². The van der Waals surface area contributed by atoms with Crippen LogP contribution in [0.3, 0.4) is 0 Å². The zero-order valence-corrected chi connectivity index (χ0v) is 29.6. The molecular weight excluding hydrogens is 635 g/mol. The maximum Gasteiger partial charge on any atom is 0.160 e. The highest BCUT2D eigenvalue weighted by Crippen LogP contribution is 2.56. The second-order valence-electron chi connectivity index (χ2n) is 12.5. The fourth-order valence-electron chi connectivity index (χ4n) is 6.47. The van der Waals surface area contributed by atoms with Crippen LogP contribution in [0.15, 0.2) is 180 Å². The van der Waals surface area contributed by atoms with Gasteiger partial charge in [-0.25, -0.2) is 9.98 Å². The molecule has 0 saturated carbocycles. The number of benzene rings is 5. The molecule has 1 aliphatic heterocycles. The number of rotatable bonds is 7. The first-order valence-corrected chi connectivity index (χ1v) is 18.0. The summed E-state index contributed by atoms with van der Waals surface area (Å²) in [4.78, 5) is 19.5. The van der Waals surface area contributed by atoms with E-state index in [0.717, 1.165) is 22.3 Å². The first kappa shape index (κ1) is 32.6. The van der Waals surface area contributed by atoms with Crippen molar-refractivity contribution in [3.8, 4) is 22.3 Å². The number of nitrogens with zero attached hydrogens (tertiary/aromatic N) is 3. The van der Waals surface area contributed by atoms with Gasteiger partial charge in [0.25, 0.3) is 0 Å². The first-order valence-electron chi connectivity index (χ1n) is 16.4. The average Bonchev–Trinajstić information content (AvgIpc) is 3.35. The lowest BCUT2D eigenvalue weighted by molar-refractivity contribution is 0.657. The molecule has 0 fully saturated rings. The minimum absolute atomic E-state index is 0.0735. The van der Waals surface area contributed by atoms with Gasteiger partial charge in [0.15, 0.2) is 11.7 Å². The van der Waals surface area contributed by atoms with Gasteiger partial charge < -0.3 is 0 Å². The number of aliphatic imine (C=N–C) groups is 3. The molecule has 0 saturated heterocycles. The predicted molar refractivity (Wildman–Crippen MR) is 211 cm³/mol. The molecule has 0 N–H and O–H groups in total. The molecule has 1 aliphatic carbocycles. The van der Waals surface area contributed by atoms with E-state index >= 15 is 0 Å². The van der Waals surface area contributed by atoms with Crippen molar-refractivity contribution in [2.24, 2.45) is 15.0 Å². The Kier molecular flexibility index (Phi) is 9.22. The van der Waals surface area contributed by atoms with Gasteiger partial charge in [-0.3, -0.25) is 4.99 Å². The highest BCUT2D eigenvalue weighted by molar-refractivity contribution is 8.05. The maximum atomic E-state index is 4.96. The summed E-state index contributed by atoms with van der Waals surface area (Å²) in [5.41, 5.74) is 10.6. The third kappa shape index (κ3) is 6.44. The average molecular weight is 672 g/mol. The summed E-state index contributed by atoms with van der Waals surface area (Å²) in [6.45, 7) is 14.8. The number of allylic oxidation sites excluding steroid dienone is 3. The third-order valence-electron chi connectivity index (χ3n) is 9.10. The van der Waals surface area contributed by atoms with Gasteiger partial charge in [-0.15, -0.1) is 0 Å². The summed E-state index contributed by atoms with van der Waals surface area (Å²) < 4.78 is 0. The Morgan fingerprint density at radius 1 is 0.735 bits per heavy atom. The van der Waals surface area contributed by atoms with Crippen LogP contribution in [0.1, 0.15) is 43.0 Å². The van der Waals surface area contributed by atoms with E-state index in [4.69, 9.17) is 9.98 Å². The molecule has 1 heterocycles. The van der Waals surface area contributed by atoms with Crippen LogP contribution < -0.4 is 0 Å². The number of hydrogen-bond acceptors (Lipinski definition) is 3. The molecule has 0 spiro atoms. The van der Waals surface area contributed by atoms with E-state index in [-0.39, 0.29) is 5.41 Å². The zero-order chi connectivity index (χ0) is 34.0. The summed E-state index contributed by atoms with van der Waals surface area (Å²) in [5.74, 6) is 1.12. The minimum Gasteiger partial charge on any atom is -0.261 e. The number of fused-ring (bicyclic) bond motifs is 5. The van der Waals surface area contributed by atoms with E-state index in [1.54, 1.807) is 6.08 Å². The van der Waals surface area contributed by atoms with Crippen molar-refractivity contribution < 1.29 is 0 Å². The van der Waals surface area contributed by atoms with Gasteiger partial charge >= 0.3 is 0 Å². The molecule has 0 unspecified atom stereocenters. The first-order chi connectivity index (χ1) is 23.9. The topological polar surface area (TPSA) is 37.1 Å². The largest absolute Gasteiger partial charge is 0.261 e. The molecule has 0 atom stereocenters. The van der Waals surface area contributed by atoms with Crippen LogP contribution in [0.4, 0.5) is 0 Å². The van der Waals surface area contributed by atoms with Crippen molar-refractivity contribution >= 4 is 41.9 Å². The highest BCUT2D eigenvalue weighted by Gasteiger charge is 2.37. The Labute approximate surface area is 298 Å². The van der Waals surface area contributed by atoms with Gasteiger partial charge in [-0.05, 0) is 82.9 Å². The number of hydrogen-bond donors (Lipinski definition) is 0. The van der Waals surface area contributed by atoms with Gasteiger partial charge in [-0.1, -0.05) is 147 Å². The van der Waals surface area contributed by atoms with Crippen LogP contribution in [0.5, 0.6) is 0 Å². The third-order valence-corrected chi connectivity index (χ3v) is 11.6. The fraction of sp³-hybridized carbons (Fsp3) is 0.114. The van der Waals surface area contributed by atoms with Crippen LogP contribution in [0, 0.1) is 0 Å². The molecule has 0 aromatic heterocycles. The van der Waals surface area contributed by atoms with Crippen LogP contribution in [0.2, 0.25) is 0 Å². The van der Waals surface area contributed by atoms with Crippen molar-refractivity contribution in [2.75, 3.05) is 0 Å². The van der Waals surface area contributed by atoms with E-state index in [2.05, 4.69) is 123 Å².